The highest BCUT2D eigenvalue weighted by molar-refractivity contribution is 9.11. The Bertz CT molecular complexity index is 308. The predicted octanol–water partition coefficient (Wildman–Crippen LogP) is 3.95. The average molecular weight is 293 g/mol. The van der Waals surface area contributed by atoms with Gasteiger partial charge in [-0.3, -0.25) is 4.79 Å². The number of hydrogen-bond acceptors (Lipinski definition) is 3. The molecule has 15 heavy (non-hydrogen) atoms. The maximum Gasteiger partial charge on any atom is 0.302 e. The van der Waals surface area contributed by atoms with Crippen molar-refractivity contribution in [3.63, 3.8) is 0 Å². The fourth-order valence-electron chi connectivity index (χ4n) is 1.01. The predicted molar refractivity (Wildman–Crippen MR) is 68.4 cm³/mol. The zero-order valence-electron chi connectivity index (χ0n) is 9.59. The van der Waals surface area contributed by atoms with Crippen LogP contribution < -0.4 is 0 Å². The molecule has 0 fully saturated rings. The molecule has 0 spiro atoms. The van der Waals surface area contributed by atoms with Crippen molar-refractivity contribution in [3.05, 3.63) is 20.3 Å². The molecule has 86 valence electrons. The Labute approximate surface area is 104 Å². The molecule has 0 atom stereocenters. The van der Waals surface area contributed by atoms with Crippen molar-refractivity contribution in [2.75, 3.05) is 6.61 Å². The minimum Gasteiger partial charge on any atom is -0.466 e. The number of esters is 1. The van der Waals surface area contributed by atoms with Gasteiger partial charge in [0.05, 0.1) is 10.4 Å². The lowest BCUT2D eigenvalue weighted by atomic mass is 10.2. The third-order valence-corrected chi connectivity index (χ3v) is 3.43. The highest BCUT2D eigenvalue weighted by Gasteiger charge is 2.04. The van der Waals surface area contributed by atoms with Gasteiger partial charge in [-0.2, -0.15) is 0 Å². The quantitative estimate of drug-likeness (QED) is 0.789. The fourth-order valence-corrected chi connectivity index (χ4v) is 2.87. The molecule has 1 aromatic heterocycles. The second kappa shape index (κ2) is 7.88. The number of halogens is 1. The van der Waals surface area contributed by atoms with Gasteiger partial charge in [-0.25, -0.2) is 0 Å². The third kappa shape index (κ3) is 5.95. The molecule has 0 unspecified atom stereocenters. The molecule has 0 aromatic carbocycles. The van der Waals surface area contributed by atoms with Gasteiger partial charge in [0.1, 0.15) is 0 Å². The summed E-state index contributed by atoms with van der Waals surface area (Å²) in [7, 11) is 0. The third-order valence-electron chi connectivity index (χ3n) is 1.56. The van der Waals surface area contributed by atoms with Crippen LogP contribution in [0.4, 0.5) is 0 Å². The Morgan fingerprint density at radius 2 is 2.13 bits per heavy atom. The molecule has 0 amide bonds. The summed E-state index contributed by atoms with van der Waals surface area (Å²) in [6.45, 7) is 7.95. The number of rotatable bonds is 3. The van der Waals surface area contributed by atoms with Crippen LogP contribution in [-0.2, 0) is 16.0 Å². The largest absolute Gasteiger partial charge is 0.466 e. The van der Waals surface area contributed by atoms with Crippen LogP contribution in [0.15, 0.2) is 9.85 Å². The van der Waals surface area contributed by atoms with Crippen molar-refractivity contribution in [3.8, 4) is 0 Å². The molecule has 0 aliphatic carbocycles. The number of thiophene rings is 1. The first-order valence-corrected chi connectivity index (χ1v) is 6.58. The van der Waals surface area contributed by atoms with Crippen molar-refractivity contribution < 1.29 is 9.53 Å². The van der Waals surface area contributed by atoms with E-state index in [2.05, 4.69) is 28.9 Å². The molecule has 0 bridgehead atoms. The lowest BCUT2D eigenvalue weighted by Gasteiger charge is -1.99. The van der Waals surface area contributed by atoms with Crippen LogP contribution >= 0.6 is 27.3 Å². The zero-order valence-corrected chi connectivity index (χ0v) is 12.0. The van der Waals surface area contributed by atoms with Crippen molar-refractivity contribution in [1.29, 1.82) is 0 Å². The van der Waals surface area contributed by atoms with E-state index in [0.717, 1.165) is 10.2 Å². The Morgan fingerprint density at radius 1 is 1.53 bits per heavy atom. The van der Waals surface area contributed by atoms with Crippen molar-refractivity contribution in [2.24, 2.45) is 0 Å². The van der Waals surface area contributed by atoms with Gasteiger partial charge < -0.3 is 4.74 Å². The van der Waals surface area contributed by atoms with E-state index in [0.29, 0.717) is 6.61 Å². The number of ether oxygens (including phenoxy) is 1. The summed E-state index contributed by atoms with van der Waals surface area (Å²) in [6, 6.07) is 2.11. The molecule has 2 nitrogen and oxygen atoms in total. The molecule has 1 rings (SSSR count). The van der Waals surface area contributed by atoms with Gasteiger partial charge in [-0.15, -0.1) is 11.3 Å². The number of hydrogen-bond donors (Lipinski definition) is 0. The van der Waals surface area contributed by atoms with Crippen LogP contribution in [0.2, 0.25) is 0 Å². The SMILES string of the molecule is CC.CC(=O)OCCc1cc(C)sc1Br. The molecule has 4 heteroatoms. The molecule has 0 saturated heterocycles. The first-order chi connectivity index (χ1) is 7.09. The molecule has 0 saturated carbocycles. The Morgan fingerprint density at radius 3 is 2.53 bits per heavy atom. The summed E-state index contributed by atoms with van der Waals surface area (Å²) >= 11 is 5.17. The van der Waals surface area contributed by atoms with E-state index < -0.39 is 0 Å². The van der Waals surface area contributed by atoms with Gasteiger partial charge in [-0.1, -0.05) is 13.8 Å². The summed E-state index contributed by atoms with van der Waals surface area (Å²) in [5.41, 5.74) is 1.21. The zero-order chi connectivity index (χ0) is 11.8. The van der Waals surface area contributed by atoms with Gasteiger partial charge in [-0.05, 0) is 34.5 Å². The van der Waals surface area contributed by atoms with Gasteiger partial charge in [0.15, 0.2) is 0 Å². The second-order valence-corrected chi connectivity index (χ2v) is 5.32. The fraction of sp³-hybridized carbons (Fsp3) is 0.545. The minimum absolute atomic E-state index is 0.219. The molecule has 0 aliphatic heterocycles. The van der Waals surface area contributed by atoms with Crippen LogP contribution in [-0.4, -0.2) is 12.6 Å². The van der Waals surface area contributed by atoms with E-state index in [1.807, 2.05) is 13.8 Å². The summed E-state index contributed by atoms with van der Waals surface area (Å²) in [5.74, 6) is -0.219. The number of aryl methyl sites for hydroxylation is 1. The van der Waals surface area contributed by atoms with Crippen LogP contribution in [0.1, 0.15) is 31.2 Å². The van der Waals surface area contributed by atoms with Crippen molar-refractivity contribution >= 4 is 33.2 Å². The van der Waals surface area contributed by atoms with Crippen LogP contribution in [0.5, 0.6) is 0 Å². The smallest absolute Gasteiger partial charge is 0.302 e. The van der Waals surface area contributed by atoms with Gasteiger partial charge in [0.2, 0.25) is 0 Å². The molecule has 0 N–H and O–H groups in total. The van der Waals surface area contributed by atoms with Gasteiger partial charge >= 0.3 is 5.97 Å². The van der Waals surface area contributed by atoms with E-state index in [4.69, 9.17) is 4.74 Å². The molecular formula is C11H17BrO2S. The van der Waals surface area contributed by atoms with E-state index in [-0.39, 0.29) is 5.97 Å². The molecule has 1 aromatic rings. The summed E-state index contributed by atoms with van der Waals surface area (Å²) < 4.78 is 5.99. The van der Waals surface area contributed by atoms with E-state index in [1.165, 1.54) is 17.4 Å². The summed E-state index contributed by atoms with van der Waals surface area (Å²) in [5, 5.41) is 0. The van der Waals surface area contributed by atoms with E-state index in [1.54, 1.807) is 11.3 Å². The summed E-state index contributed by atoms with van der Waals surface area (Å²) in [6.07, 6.45) is 0.782. The number of carbonyl (C=O) groups excluding carboxylic acids is 1. The lowest BCUT2D eigenvalue weighted by Crippen LogP contribution is -2.02. The minimum atomic E-state index is -0.219. The van der Waals surface area contributed by atoms with Crippen molar-refractivity contribution in [2.45, 2.75) is 34.1 Å². The topological polar surface area (TPSA) is 26.3 Å². The normalized spacial score (nSPS) is 9.13. The highest BCUT2D eigenvalue weighted by Crippen LogP contribution is 2.27. The van der Waals surface area contributed by atoms with Gasteiger partial charge in [0, 0.05) is 18.2 Å². The van der Waals surface area contributed by atoms with Crippen LogP contribution in [0.25, 0.3) is 0 Å². The van der Waals surface area contributed by atoms with Crippen molar-refractivity contribution in [1.82, 2.24) is 0 Å². The van der Waals surface area contributed by atoms with Crippen LogP contribution in [0.3, 0.4) is 0 Å². The number of carbonyl (C=O) groups is 1. The highest BCUT2D eigenvalue weighted by atomic mass is 79.9. The Balaban J connectivity index is 0.000000921. The monoisotopic (exact) mass is 292 g/mol. The Hall–Kier alpha value is -0.350. The second-order valence-electron chi connectivity index (χ2n) is 2.75. The van der Waals surface area contributed by atoms with Crippen LogP contribution in [0, 0.1) is 6.92 Å². The van der Waals surface area contributed by atoms with E-state index >= 15 is 0 Å². The van der Waals surface area contributed by atoms with Gasteiger partial charge in [0.25, 0.3) is 0 Å². The Kier molecular flexibility index (Phi) is 7.70. The summed E-state index contributed by atoms with van der Waals surface area (Å²) in [4.78, 5) is 11.8. The maximum atomic E-state index is 10.5. The molecular weight excluding hydrogens is 276 g/mol. The average Bonchev–Trinajstić information content (AvgIpc) is 2.48. The van der Waals surface area contributed by atoms with E-state index in [9.17, 15) is 4.79 Å². The lowest BCUT2D eigenvalue weighted by molar-refractivity contribution is -0.140. The first-order valence-electron chi connectivity index (χ1n) is 4.98. The molecule has 0 radical (unpaired) electrons. The molecule has 1 heterocycles. The molecule has 0 aliphatic rings. The first kappa shape index (κ1) is 14.6. The maximum absolute atomic E-state index is 10.5. The standard InChI is InChI=1S/C9H11BrO2S.C2H6/c1-6-5-8(9(10)13-6)3-4-12-7(2)11;1-2/h5H,3-4H2,1-2H3;1-2H3.